The first kappa shape index (κ1) is 53.7. The minimum absolute atomic E-state index is 0.0155. The molecule has 56 heavy (non-hydrogen) atoms. The second kappa shape index (κ2) is 37.0. The van der Waals surface area contributed by atoms with Gasteiger partial charge in [0.05, 0.1) is 33.9 Å². The minimum Gasteiger partial charge on any atom is -0.462 e. The lowest BCUT2D eigenvalue weighted by Crippen LogP contribution is -2.37. The highest BCUT2D eigenvalue weighted by atomic mass is 31.2. The lowest BCUT2D eigenvalue weighted by atomic mass is 10.0. The number of quaternary nitrogens is 1. The standard InChI is InChI=1S/C45H80NO9P/c1-6-8-9-10-11-12-13-14-18-22-25-28-31-34-37-45(49)55-43(41-54-56(50,51)53-39-38-46(3,4)5)40-52-44(48)36-33-30-27-24-21-19-16-15-17-20-23-26-29-32-35-42(47)7-2/h16-17,19-20,24,26-27,29,32,35,42-43,47H,6-15,18,21-23,25,28,30-31,33-34,36-41H2,1-5H3/p+1/b19-16-,20-17-,27-24-,29-26-,35-32+/t42-,43+/m0/s1. The van der Waals surface area contributed by atoms with Crippen LogP contribution in [0.25, 0.3) is 0 Å². The van der Waals surface area contributed by atoms with E-state index in [1.807, 2.05) is 52.4 Å². The molecule has 0 aromatic heterocycles. The molecule has 0 aliphatic rings. The zero-order valence-electron chi connectivity index (χ0n) is 36.0. The number of unbranched alkanes of at least 4 members (excludes halogenated alkanes) is 14. The maximum absolute atomic E-state index is 12.7. The van der Waals surface area contributed by atoms with Crippen molar-refractivity contribution in [2.45, 2.75) is 167 Å². The Balaban J connectivity index is 4.48. The third kappa shape index (κ3) is 39.9. The fourth-order valence-electron chi connectivity index (χ4n) is 5.41. The molecule has 0 bridgehead atoms. The van der Waals surface area contributed by atoms with Crippen molar-refractivity contribution in [2.24, 2.45) is 0 Å². The highest BCUT2D eigenvalue weighted by molar-refractivity contribution is 7.47. The van der Waals surface area contributed by atoms with Gasteiger partial charge in [-0.3, -0.25) is 18.6 Å². The molecule has 11 heteroatoms. The number of esters is 2. The van der Waals surface area contributed by atoms with Crippen molar-refractivity contribution in [3.05, 3.63) is 60.8 Å². The van der Waals surface area contributed by atoms with Crippen molar-refractivity contribution >= 4 is 19.8 Å². The van der Waals surface area contributed by atoms with E-state index in [1.165, 1.54) is 64.2 Å². The van der Waals surface area contributed by atoms with E-state index >= 15 is 0 Å². The zero-order valence-corrected chi connectivity index (χ0v) is 36.9. The van der Waals surface area contributed by atoms with Gasteiger partial charge in [-0.15, -0.1) is 0 Å². The van der Waals surface area contributed by atoms with Crippen LogP contribution in [0.3, 0.4) is 0 Å². The SMILES string of the molecule is CCCCCCCCCCCCCCCCC(=O)O[C@H](COC(=O)CCC/C=C\C/C=C\C/C=C\C/C=C\C=C\[C@@H](O)CC)COP(=O)(O)OCC[N+](C)(C)C. The summed E-state index contributed by atoms with van der Waals surface area (Å²) >= 11 is 0. The van der Waals surface area contributed by atoms with E-state index < -0.39 is 32.5 Å². The Morgan fingerprint density at radius 3 is 1.71 bits per heavy atom. The largest absolute Gasteiger partial charge is 0.472 e. The van der Waals surface area contributed by atoms with E-state index in [0.717, 1.165) is 44.9 Å². The van der Waals surface area contributed by atoms with Gasteiger partial charge in [0.25, 0.3) is 0 Å². The Kier molecular flexibility index (Phi) is 35.4. The third-order valence-corrected chi connectivity index (χ3v) is 9.95. The summed E-state index contributed by atoms with van der Waals surface area (Å²) in [6.45, 7) is 4.00. The molecule has 0 fully saturated rings. The number of phosphoric ester groups is 1. The highest BCUT2D eigenvalue weighted by Gasteiger charge is 2.27. The summed E-state index contributed by atoms with van der Waals surface area (Å²) in [6, 6.07) is 0. The van der Waals surface area contributed by atoms with Crippen LogP contribution in [0, 0.1) is 0 Å². The fourth-order valence-corrected chi connectivity index (χ4v) is 6.15. The molecule has 0 aromatic carbocycles. The Labute approximate surface area is 341 Å². The maximum atomic E-state index is 12.7. The van der Waals surface area contributed by atoms with Crippen LogP contribution in [-0.4, -0.2) is 86.1 Å². The van der Waals surface area contributed by atoms with Gasteiger partial charge in [0.1, 0.15) is 19.8 Å². The van der Waals surface area contributed by atoms with E-state index in [0.29, 0.717) is 30.3 Å². The van der Waals surface area contributed by atoms with Gasteiger partial charge in [-0.05, 0) is 44.9 Å². The predicted octanol–water partition coefficient (Wildman–Crippen LogP) is 11.0. The van der Waals surface area contributed by atoms with Crippen molar-refractivity contribution in [2.75, 3.05) is 47.5 Å². The van der Waals surface area contributed by atoms with Crippen LogP contribution in [0.15, 0.2) is 60.8 Å². The number of aliphatic hydroxyl groups excluding tert-OH is 1. The van der Waals surface area contributed by atoms with Crippen molar-refractivity contribution in [1.29, 1.82) is 0 Å². The smallest absolute Gasteiger partial charge is 0.462 e. The van der Waals surface area contributed by atoms with E-state index in [9.17, 15) is 24.2 Å². The second-order valence-electron chi connectivity index (χ2n) is 15.6. The van der Waals surface area contributed by atoms with Gasteiger partial charge in [0.15, 0.2) is 6.10 Å². The fraction of sp³-hybridized carbons (Fsp3) is 0.733. The highest BCUT2D eigenvalue weighted by Crippen LogP contribution is 2.43. The molecular formula is C45H81NO9P+. The summed E-state index contributed by atoms with van der Waals surface area (Å²) in [7, 11) is 1.42. The molecule has 0 spiro atoms. The molecule has 0 rings (SSSR count). The molecule has 324 valence electrons. The lowest BCUT2D eigenvalue weighted by molar-refractivity contribution is -0.870. The van der Waals surface area contributed by atoms with Gasteiger partial charge in [-0.25, -0.2) is 4.57 Å². The Hall–Kier alpha value is -2.33. The van der Waals surface area contributed by atoms with E-state index in [1.54, 1.807) is 6.08 Å². The first-order valence-electron chi connectivity index (χ1n) is 21.6. The predicted molar refractivity (Wildman–Crippen MR) is 230 cm³/mol. The summed E-state index contributed by atoms with van der Waals surface area (Å²) in [5.74, 6) is -0.887. The van der Waals surface area contributed by atoms with Crippen LogP contribution in [0.1, 0.15) is 155 Å². The number of hydrogen-bond donors (Lipinski definition) is 2. The minimum atomic E-state index is -4.39. The molecule has 1 unspecified atom stereocenters. The lowest BCUT2D eigenvalue weighted by Gasteiger charge is -2.24. The van der Waals surface area contributed by atoms with Crippen molar-refractivity contribution in [3.63, 3.8) is 0 Å². The molecule has 0 saturated heterocycles. The number of phosphoric acid groups is 1. The van der Waals surface area contributed by atoms with E-state index in [2.05, 4.69) is 37.3 Å². The van der Waals surface area contributed by atoms with Gasteiger partial charge in [0, 0.05) is 12.8 Å². The molecule has 2 N–H and O–H groups in total. The molecule has 0 saturated carbocycles. The van der Waals surface area contributed by atoms with E-state index in [4.69, 9.17) is 18.5 Å². The Morgan fingerprint density at radius 1 is 0.643 bits per heavy atom. The first-order valence-corrected chi connectivity index (χ1v) is 23.1. The summed E-state index contributed by atoms with van der Waals surface area (Å²) in [5, 5.41) is 9.48. The van der Waals surface area contributed by atoms with Crippen LogP contribution >= 0.6 is 7.82 Å². The average Bonchev–Trinajstić information content (AvgIpc) is 3.15. The molecule has 10 nitrogen and oxygen atoms in total. The number of likely N-dealkylation sites (N-methyl/N-ethyl adjacent to an activating group) is 1. The Bertz CT molecular complexity index is 1160. The van der Waals surface area contributed by atoms with Crippen LogP contribution in [0.4, 0.5) is 0 Å². The molecular weight excluding hydrogens is 729 g/mol. The van der Waals surface area contributed by atoms with Crippen molar-refractivity contribution in [1.82, 2.24) is 0 Å². The molecule has 0 aliphatic heterocycles. The summed E-state index contributed by atoms with van der Waals surface area (Å²) in [6.07, 6.45) is 40.8. The molecule has 0 heterocycles. The van der Waals surface area contributed by atoms with Gasteiger partial charge in [0.2, 0.25) is 0 Å². The van der Waals surface area contributed by atoms with Gasteiger partial charge < -0.3 is 24.0 Å². The Morgan fingerprint density at radius 2 is 1.16 bits per heavy atom. The summed E-state index contributed by atoms with van der Waals surface area (Å²) in [5.41, 5.74) is 0. The van der Waals surface area contributed by atoms with Crippen molar-refractivity contribution in [3.8, 4) is 0 Å². The summed E-state index contributed by atoms with van der Waals surface area (Å²) < 4.78 is 34.2. The number of carbonyl (C=O) groups excluding carboxylic acids is 2. The average molecular weight is 811 g/mol. The third-order valence-electron chi connectivity index (χ3n) is 8.97. The maximum Gasteiger partial charge on any atom is 0.472 e. The monoisotopic (exact) mass is 811 g/mol. The zero-order chi connectivity index (χ0) is 41.6. The molecule has 0 aromatic rings. The normalized spacial score (nSPS) is 14.8. The number of rotatable bonds is 38. The number of aliphatic hydroxyl groups is 1. The second-order valence-corrected chi connectivity index (χ2v) is 17.0. The number of hydrogen-bond acceptors (Lipinski definition) is 8. The van der Waals surface area contributed by atoms with Crippen LogP contribution in [-0.2, 0) is 32.7 Å². The van der Waals surface area contributed by atoms with Crippen molar-refractivity contribution < 1.29 is 47.2 Å². The summed E-state index contributed by atoms with van der Waals surface area (Å²) in [4.78, 5) is 35.3. The number of ether oxygens (including phenoxy) is 2. The number of carbonyl (C=O) groups is 2. The quantitative estimate of drug-likeness (QED) is 0.0156. The van der Waals surface area contributed by atoms with Gasteiger partial charge >= 0.3 is 19.8 Å². The van der Waals surface area contributed by atoms with Crippen LogP contribution in [0.2, 0.25) is 0 Å². The molecule has 0 radical (unpaired) electrons. The van der Waals surface area contributed by atoms with Crippen LogP contribution in [0.5, 0.6) is 0 Å². The van der Waals surface area contributed by atoms with Gasteiger partial charge in [-0.2, -0.15) is 0 Å². The topological polar surface area (TPSA) is 129 Å². The number of allylic oxidation sites excluding steroid dienone is 9. The molecule has 3 atom stereocenters. The molecule has 0 aliphatic carbocycles. The number of nitrogens with zero attached hydrogens (tertiary/aromatic N) is 1. The van der Waals surface area contributed by atoms with Gasteiger partial charge in [-0.1, -0.05) is 158 Å². The molecule has 0 amide bonds. The van der Waals surface area contributed by atoms with E-state index in [-0.39, 0.29) is 32.2 Å². The first-order chi connectivity index (χ1) is 26.9. The van der Waals surface area contributed by atoms with Crippen LogP contribution < -0.4 is 0 Å².